The molecular formula is C32H59NO9. The third kappa shape index (κ3) is 16.6. The van der Waals surface area contributed by atoms with E-state index in [1.807, 2.05) is 47.6 Å². The van der Waals surface area contributed by atoms with Crippen molar-refractivity contribution in [1.29, 1.82) is 0 Å². The van der Waals surface area contributed by atoms with Crippen LogP contribution in [0.25, 0.3) is 0 Å². The van der Waals surface area contributed by atoms with E-state index in [1.165, 1.54) is 4.90 Å². The van der Waals surface area contributed by atoms with Gasteiger partial charge in [-0.2, -0.15) is 0 Å². The van der Waals surface area contributed by atoms with Crippen LogP contribution in [0.3, 0.4) is 0 Å². The van der Waals surface area contributed by atoms with E-state index in [-0.39, 0.29) is 60.7 Å². The second-order valence-corrected chi connectivity index (χ2v) is 11.4. The molecule has 7 atom stereocenters. The van der Waals surface area contributed by atoms with E-state index >= 15 is 0 Å². The minimum Gasteiger partial charge on any atom is -0.462 e. The summed E-state index contributed by atoms with van der Waals surface area (Å²) in [6.07, 6.45) is 6.81. The number of hydrogen-bond donors (Lipinski definition) is 0. The van der Waals surface area contributed by atoms with Gasteiger partial charge in [-0.3, -0.25) is 9.59 Å². The Morgan fingerprint density at radius 1 is 0.857 bits per heavy atom. The van der Waals surface area contributed by atoms with Crippen LogP contribution in [0, 0.1) is 23.7 Å². The van der Waals surface area contributed by atoms with Crippen LogP contribution in [-0.2, 0) is 42.8 Å². The summed E-state index contributed by atoms with van der Waals surface area (Å²) < 4.78 is 34.1. The van der Waals surface area contributed by atoms with E-state index < -0.39 is 5.97 Å². The number of rotatable bonds is 25. The quantitative estimate of drug-likeness (QED) is 0.0808. The minimum atomic E-state index is -0.401. The number of amides is 1. The van der Waals surface area contributed by atoms with Gasteiger partial charge in [0.1, 0.15) is 18.8 Å². The molecule has 0 saturated carbocycles. The van der Waals surface area contributed by atoms with Crippen molar-refractivity contribution in [3.05, 3.63) is 12.3 Å². The molecule has 10 nitrogen and oxygen atoms in total. The second kappa shape index (κ2) is 23.4. The summed E-state index contributed by atoms with van der Waals surface area (Å²) in [6, 6.07) is 0. The molecule has 0 fully saturated rings. The zero-order chi connectivity index (χ0) is 32.1. The SMILES string of the molecule is CCCOCCOCC(=O)O[C@H](CC)C[C@H](OC)[C@@H](C)CC[C@@H](OC(=O)C(C)C)[C@H](C)[C@H](OC)[C@H](C)/C=C/N(C)C=O. The summed E-state index contributed by atoms with van der Waals surface area (Å²) in [5.74, 6) is -0.924. The number of nitrogens with zero attached hydrogens (tertiary/aromatic N) is 1. The molecule has 0 N–H and O–H groups in total. The Kier molecular flexibility index (Phi) is 22.3. The highest BCUT2D eigenvalue weighted by Crippen LogP contribution is 2.29. The molecule has 0 unspecified atom stereocenters. The monoisotopic (exact) mass is 601 g/mol. The van der Waals surface area contributed by atoms with Crippen LogP contribution in [0.2, 0.25) is 0 Å². The molecule has 0 bridgehead atoms. The second-order valence-electron chi connectivity index (χ2n) is 11.4. The van der Waals surface area contributed by atoms with Crippen molar-refractivity contribution < 1.29 is 42.8 Å². The predicted molar refractivity (Wildman–Crippen MR) is 163 cm³/mol. The normalized spacial score (nSPS) is 16.8. The Labute approximate surface area is 254 Å². The molecule has 0 aliphatic heterocycles. The maximum absolute atomic E-state index is 12.6. The van der Waals surface area contributed by atoms with Gasteiger partial charge in [0, 0.05) is 52.3 Å². The van der Waals surface area contributed by atoms with Gasteiger partial charge in [0.2, 0.25) is 6.41 Å². The first-order chi connectivity index (χ1) is 19.9. The average Bonchev–Trinajstić information content (AvgIpc) is 2.97. The molecule has 0 aliphatic rings. The first-order valence-electron chi connectivity index (χ1n) is 15.4. The maximum atomic E-state index is 12.6. The van der Waals surface area contributed by atoms with Crippen molar-refractivity contribution in [3.63, 3.8) is 0 Å². The molecular weight excluding hydrogens is 542 g/mol. The Bertz CT molecular complexity index is 760. The lowest BCUT2D eigenvalue weighted by molar-refractivity contribution is -0.159. The summed E-state index contributed by atoms with van der Waals surface area (Å²) in [5, 5.41) is 0. The van der Waals surface area contributed by atoms with Crippen LogP contribution < -0.4 is 0 Å². The number of carbonyl (C=O) groups is 3. The number of ether oxygens (including phenoxy) is 6. The van der Waals surface area contributed by atoms with Gasteiger partial charge in [-0.1, -0.05) is 54.5 Å². The van der Waals surface area contributed by atoms with E-state index in [1.54, 1.807) is 27.5 Å². The zero-order valence-corrected chi connectivity index (χ0v) is 27.8. The Morgan fingerprint density at radius 2 is 1.52 bits per heavy atom. The van der Waals surface area contributed by atoms with Gasteiger partial charge in [-0.05, 0) is 31.6 Å². The Hall–Kier alpha value is -2.01. The minimum absolute atomic E-state index is 0.0235. The highest BCUT2D eigenvalue weighted by Gasteiger charge is 2.33. The lowest BCUT2D eigenvalue weighted by Crippen LogP contribution is -2.39. The highest BCUT2D eigenvalue weighted by molar-refractivity contribution is 5.71. The molecule has 0 aliphatic carbocycles. The molecule has 10 heteroatoms. The molecule has 0 rings (SSSR count). The van der Waals surface area contributed by atoms with Gasteiger partial charge in [0.05, 0.1) is 31.3 Å². The number of methoxy groups -OCH3 is 2. The van der Waals surface area contributed by atoms with Crippen molar-refractivity contribution in [2.45, 2.75) is 105 Å². The van der Waals surface area contributed by atoms with Crippen molar-refractivity contribution >= 4 is 18.3 Å². The molecule has 42 heavy (non-hydrogen) atoms. The summed E-state index contributed by atoms with van der Waals surface area (Å²) in [5.41, 5.74) is 0. The smallest absolute Gasteiger partial charge is 0.332 e. The first kappa shape index (κ1) is 40.0. The van der Waals surface area contributed by atoms with Gasteiger partial charge in [0.15, 0.2) is 0 Å². The zero-order valence-electron chi connectivity index (χ0n) is 27.8. The van der Waals surface area contributed by atoms with Crippen LogP contribution in [0.5, 0.6) is 0 Å². The molecule has 0 aromatic carbocycles. The molecule has 0 spiro atoms. The van der Waals surface area contributed by atoms with Crippen molar-refractivity contribution in [2.75, 3.05) is 47.7 Å². The Balaban J connectivity index is 5.29. The number of hydrogen-bond acceptors (Lipinski definition) is 9. The fourth-order valence-electron chi connectivity index (χ4n) is 4.72. The van der Waals surface area contributed by atoms with E-state index in [0.29, 0.717) is 39.1 Å². The van der Waals surface area contributed by atoms with Gasteiger partial charge < -0.3 is 33.3 Å². The summed E-state index contributed by atoms with van der Waals surface area (Å²) in [6.45, 7) is 15.2. The van der Waals surface area contributed by atoms with Gasteiger partial charge in [-0.15, -0.1) is 0 Å². The molecule has 0 saturated heterocycles. The third-order valence-corrected chi connectivity index (χ3v) is 7.46. The van der Waals surface area contributed by atoms with Crippen molar-refractivity contribution in [3.8, 4) is 0 Å². The van der Waals surface area contributed by atoms with E-state index in [4.69, 9.17) is 28.4 Å². The highest BCUT2D eigenvalue weighted by atomic mass is 16.6. The average molecular weight is 602 g/mol. The maximum Gasteiger partial charge on any atom is 0.332 e. The topological polar surface area (TPSA) is 110 Å². The molecule has 0 radical (unpaired) electrons. The van der Waals surface area contributed by atoms with Crippen LogP contribution in [0.15, 0.2) is 12.3 Å². The Morgan fingerprint density at radius 3 is 2.07 bits per heavy atom. The molecule has 0 aromatic heterocycles. The lowest BCUT2D eigenvalue weighted by atomic mass is 9.84. The van der Waals surface area contributed by atoms with Crippen molar-refractivity contribution in [1.82, 2.24) is 4.90 Å². The fourth-order valence-corrected chi connectivity index (χ4v) is 4.72. The van der Waals surface area contributed by atoms with Crippen LogP contribution in [0.4, 0.5) is 0 Å². The fraction of sp³-hybridized carbons (Fsp3) is 0.844. The van der Waals surface area contributed by atoms with Crippen molar-refractivity contribution in [2.24, 2.45) is 23.7 Å². The third-order valence-electron chi connectivity index (χ3n) is 7.46. The lowest BCUT2D eigenvalue weighted by Gasteiger charge is -2.34. The first-order valence-corrected chi connectivity index (χ1v) is 15.4. The predicted octanol–water partition coefficient (Wildman–Crippen LogP) is 5.03. The number of esters is 2. The van der Waals surface area contributed by atoms with E-state index in [9.17, 15) is 14.4 Å². The van der Waals surface area contributed by atoms with Crippen LogP contribution >= 0.6 is 0 Å². The number of carbonyl (C=O) groups excluding carboxylic acids is 3. The van der Waals surface area contributed by atoms with Gasteiger partial charge in [-0.25, -0.2) is 4.79 Å². The molecule has 1 amide bonds. The summed E-state index contributed by atoms with van der Waals surface area (Å²) >= 11 is 0. The van der Waals surface area contributed by atoms with E-state index in [2.05, 4.69) is 6.92 Å². The molecule has 0 aromatic rings. The van der Waals surface area contributed by atoms with Crippen LogP contribution in [0.1, 0.15) is 80.6 Å². The largest absolute Gasteiger partial charge is 0.462 e. The van der Waals surface area contributed by atoms with E-state index in [0.717, 1.165) is 19.3 Å². The summed E-state index contributed by atoms with van der Waals surface area (Å²) in [7, 11) is 4.99. The molecule has 0 heterocycles. The van der Waals surface area contributed by atoms with Crippen LogP contribution in [-0.4, -0.2) is 95.4 Å². The summed E-state index contributed by atoms with van der Waals surface area (Å²) in [4.78, 5) is 37.4. The van der Waals surface area contributed by atoms with Gasteiger partial charge >= 0.3 is 11.9 Å². The molecule has 246 valence electrons. The van der Waals surface area contributed by atoms with Gasteiger partial charge in [0.25, 0.3) is 0 Å². The standard InChI is InChI=1S/C32H59NO9/c1-11-17-39-18-19-40-21-30(35)41-27(12-2)20-29(37-9)24(5)13-14-28(42-32(36)23(3)4)26(7)31(38-10)25(6)15-16-33(8)22-34/h15-16,22-29,31H,11-14,17-21H2,1-10H3/b16-15+/t24-,25+,26-,27+,28+,29-,31+/m0/s1.